The SMILES string of the molecule is CC1CCN(C(=O)CN2CCC3(CCC2=O)NC(=O)c2ccccc2O3)CC1. The Kier molecular flexibility index (Phi) is 5.00. The van der Waals surface area contributed by atoms with E-state index in [0.29, 0.717) is 36.6 Å². The molecule has 2 saturated heterocycles. The van der Waals surface area contributed by atoms with Gasteiger partial charge in [0.25, 0.3) is 5.91 Å². The highest BCUT2D eigenvalue weighted by Gasteiger charge is 2.42. The van der Waals surface area contributed by atoms with Crippen LogP contribution in [0.25, 0.3) is 0 Å². The molecule has 7 heteroatoms. The first-order valence-corrected chi connectivity index (χ1v) is 10.1. The van der Waals surface area contributed by atoms with E-state index in [9.17, 15) is 14.4 Å². The van der Waals surface area contributed by atoms with Gasteiger partial charge in [0.15, 0.2) is 5.72 Å². The molecule has 0 aliphatic carbocycles. The molecule has 0 saturated carbocycles. The quantitative estimate of drug-likeness (QED) is 0.842. The number of fused-ring (bicyclic) bond motifs is 1. The fourth-order valence-electron chi connectivity index (χ4n) is 4.20. The second-order valence-corrected chi connectivity index (χ2v) is 8.18. The molecule has 1 aromatic rings. The van der Waals surface area contributed by atoms with E-state index in [1.807, 2.05) is 11.0 Å². The number of carbonyl (C=O) groups excluding carboxylic acids is 3. The van der Waals surface area contributed by atoms with Gasteiger partial charge in [0.05, 0.1) is 12.1 Å². The fourth-order valence-corrected chi connectivity index (χ4v) is 4.20. The summed E-state index contributed by atoms with van der Waals surface area (Å²) in [4.78, 5) is 41.2. The smallest absolute Gasteiger partial charge is 0.258 e. The van der Waals surface area contributed by atoms with Gasteiger partial charge in [0.2, 0.25) is 11.8 Å². The van der Waals surface area contributed by atoms with Gasteiger partial charge in [-0.25, -0.2) is 0 Å². The summed E-state index contributed by atoms with van der Waals surface area (Å²) < 4.78 is 6.13. The molecule has 3 amide bonds. The standard InChI is InChI=1S/C21H27N3O4/c1-15-7-11-23(12-8-15)19(26)14-24-13-10-21(9-6-18(24)25)22-20(27)16-4-2-3-5-17(16)28-21/h2-5,15H,6-14H2,1H3,(H,22,27). The predicted molar refractivity (Wildman–Crippen MR) is 103 cm³/mol. The topological polar surface area (TPSA) is 79.0 Å². The van der Waals surface area contributed by atoms with Gasteiger partial charge >= 0.3 is 0 Å². The van der Waals surface area contributed by atoms with Crippen LogP contribution in [0.15, 0.2) is 24.3 Å². The third-order valence-electron chi connectivity index (χ3n) is 6.12. The predicted octanol–water partition coefficient (Wildman–Crippen LogP) is 1.78. The highest BCUT2D eigenvalue weighted by atomic mass is 16.5. The lowest BCUT2D eigenvalue weighted by Crippen LogP contribution is -2.56. The van der Waals surface area contributed by atoms with Crippen LogP contribution in [0.1, 0.15) is 49.4 Å². The number of hydrogen-bond donors (Lipinski definition) is 1. The first kappa shape index (κ1) is 18.8. The van der Waals surface area contributed by atoms with Crippen molar-refractivity contribution in [1.82, 2.24) is 15.1 Å². The fraction of sp³-hybridized carbons (Fsp3) is 0.571. The van der Waals surface area contributed by atoms with Gasteiger partial charge in [-0.05, 0) is 30.9 Å². The molecule has 1 aromatic carbocycles. The number of rotatable bonds is 2. The van der Waals surface area contributed by atoms with E-state index in [1.54, 1.807) is 23.1 Å². The monoisotopic (exact) mass is 385 g/mol. The van der Waals surface area contributed by atoms with Crippen molar-refractivity contribution in [2.24, 2.45) is 5.92 Å². The number of hydrogen-bond acceptors (Lipinski definition) is 4. The number of nitrogens with zero attached hydrogens (tertiary/aromatic N) is 2. The minimum absolute atomic E-state index is 0.00939. The molecule has 4 rings (SSSR count). The van der Waals surface area contributed by atoms with Crippen molar-refractivity contribution in [3.8, 4) is 5.75 Å². The van der Waals surface area contributed by atoms with E-state index >= 15 is 0 Å². The average molecular weight is 385 g/mol. The number of para-hydroxylation sites is 1. The molecule has 1 atom stereocenters. The Hall–Kier alpha value is -2.57. The largest absolute Gasteiger partial charge is 0.467 e. The third kappa shape index (κ3) is 3.70. The van der Waals surface area contributed by atoms with Gasteiger partial charge in [-0.2, -0.15) is 0 Å². The summed E-state index contributed by atoms with van der Waals surface area (Å²) in [5.74, 6) is 0.966. The van der Waals surface area contributed by atoms with Crippen LogP contribution in [0, 0.1) is 5.92 Å². The minimum Gasteiger partial charge on any atom is -0.467 e. The molecule has 2 fully saturated rings. The van der Waals surface area contributed by atoms with Crippen LogP contribution in [0.4, 0.5) is 0 Å². The number of benzene rings is 1. The van der Waals surface area contributed by atoms with Crippen LogP contribution in [0.3, 0.4) is 0 Å². The van der Waals surface area contributed by atoms with Gasteiger partial charge in [0.1, 0.15) is 5.75 Å². The number of nitrogens with one attached hydrogen (secondary N) is 1. The van der Waals surface area contributed by atoms with Gasteiger partial charge in [-0.3, -0.25) is 14.4 Å². The lowest BCUT2D eigenvalue weighted by molar-refractivity contribution is -0.141. The summed E-state index contributed by atoms with van der Waals surface area (Å²) in [7, 11) is 0. The van der Waals surface area contributed by atoms with Crippen LogP contribution >= 0.6 is 0 Å². The Balaban J connectivity index is 1.42. The molecule has 0 radical (unpaired) electrons. The molecular formula is C21H27N3O4. The summed E-state index contributed by atoms with van der Waals surface area (Å²) in [6, 6.07) is 7.13. The molecule has 3 heterocycles. The van der Waals surface area contributed by atoms with Crippen LogP contribution in [-0.4, -0.2) is 59.4 Å². The first-order chi connectivity index (χ1) is 13.5. The van der Waals surface area contributed by atoms with Crippen molar-refractivity contribution < 1.29 is 19.1 Å². The molecule has 7 nitrogen and oxygen atoms in total. The lowest BCUT2D eigenvalue weighted by atomic mass is 9.99. The van der Waals surface area contributed by atoms with Crippen molar-refractivity contribution >= 4 is 17.7 Å². The van der Waals surface area contributed by atoms with Crippen LogP contribution in [0.5, 0.6) is 5.75 Å². The Morgan fingerprint density at radius 2 is 1.93 bits per heavy atom. The Morgan fingerprint density at radius 1 is 1.18 bits per heavy atom. The van der Waals surface area contributed by atoms with Gasteiger partial charge in [-0.15, -0.1) is 0 Å². The van der Waals surface area contributed by atoms with Gasteiger partial charge in [0, 0.05) is 38.9 Å². The molecule has 3 aliphatic rings. The van der Waals surface area contributed by atoms with Crippen molar-refractivity contribution in [2.75, 3.05) is 26.2 Å². The highest BCUT2D eigenvalue weighted by Crippen LogP contribution is 2.33. The molecule has 0 bridgehead atoms. The first-order valence-electron chi connectivity index (χ1n) is 10.1. The van der Waals surface area contributed by atoms with E-state index in [2.05, 4.69) is 12.2 Å². The van der Waals surface area contributed by atoms with Crippen molar-refractivity contribution in [2.45, 2.75) is 44.8 Å². The average Bonchev–Trinajstić information content (AvgIpc) is 2.83. The molecule has 1 N–H and O–H groups in total. The summed E-state index contributed by atoms with van der Waals surface area (Å²) in [5.41, 5.74) is -0.380. The van der Waals surface area contributed by atoms with Crippen LogP contribution in [-0.2, 0) is 9.59 Å². The molecule has 3 aliphatic heterocycles. The van der Waals surface area contributed by atoms with Crippen LogP contribution in [0.2, 0.25) is 0 Å². The number of ether oxygens (including phenoxy) is 1. The second-order valence-electron chi connectivity index (χ2n) is 8.18. The number of amides is 3. The zero-order valence-corrected chi connectivity index (χ0v) is 16.3. The summed E-state index contributed by atoms with van der Waals surface area (Å²) in [6.07, 6.45) is 3.14. The van der Waals surface area contributed by atoms with Crippen molar-refractivity contribution in [1.29, 1.82) is 0 Å². The Morgan fingerprint density at radius 3 is 2.71 bits per heavy atom. The molecule has 1 unspecified atom stereocenters. The molecule has 0 aromatic heterocycles. The maximum absolute atomic E-state index is 12.6. The maximum atomic E-state index is 12.6. The maximum Gasteiger partial charge on any atom is 0.258 e. The second kappa shape index (κ2) is 7.45. The number of likely N-dealkylation sites (tertiary alicyclic amines) is 2. The Bertz CT molecular complexity index is 788. The van der Waals surface area contributed by atoms with Crippen LogP contribution < -0.4 is 10.1 Å². The molecule has 1 spiro atoms. The van der Waals surface area contributed by atoms with E-state index in [1.165, 1.54) is 0 Å². The normalized spacial score (nSPS) is 25.8. The summed E-state index contributed by atoms with van der Waals surface area (Å²) in [5, 5.41) is 2.96. The van der Waals surface area contributed by atoms with E-state index in [0.717, 1.165) is 25.9 Å². The van der Waals surface area contributed by atoms with E-state index < -0.39 is 5.72 Å². The summed E-state index contributed by atoms with van der Waals surface area (Å²) in [6.45, 7) is 4.23. The van der Waals surface area contributed by atoms with Gasteiger partial charge in [-0.1, -0.05) is 19.1 Å². The number of carbonyl (C=O) groups is 3. The molecule has 150 valence electrons. The number of piperidine rings is 1. The third-order valence-corrected chi connectivity index (χ3v) is 6.12. The van der Waals surface area contributed by atoms with Crippen molar-refractivity contribution in [3.63, 3.8) is 0 Å². The Labute approximate surface area is 165 Å². The zero-order chi connectivity index (χ0) is 19.7. The van der Waals surface area contributed by atoms with E-state index in [-0.39, 0.29) is 30.7 Å². The van der Waals surface area contributed by atoms with Gasteiger partial charge < -0.3 is 19.9 Å². The molecule has 28 heavy (non-hydrogen) atoms. The minimum atomic E-state index is -0.889. The van der Waals surface area contributed by atoms with E-state index in [4.69, 9.17) is 4.74 Å². The highest BCUT2D eigenvalue weighted by molar-refractivity contribution is 5.98. The molecular weight excluding hydrogens is 358 g/mol. The summed E-state index contributed by atoms with van der Waals surface area (Å²) >= 11 is 0. The zero-order valence-electron chi connectivity index (χ0n) is 16.3. The van der Waals surface area contributed by atoms with Crippen molar-refractivity contribution in [3.05, 3.63) is 29.8 Å². The lowest BCUT2D eigenvalue weighted by Gasteiger charge is -2.38.